The molecule has 0 spiro atoms. The zero-order valence-corrected chi connectivity index (χ0v) is 15.5. The highest BCUT2D eigenvalue weighted by Gasteiger charge is 2.22. The zero-order valence-electron chi connectivity index (χ0n) is 13.8. The molecule has 6 nitrogen and oxygen atoms in total. The molecule has 8 heteroatoms. The van der Waals surface area contributed by atoms with Gasteiger partial charge in [-0.15, -0.1) is 17.9 Å². The van der Waals surface area contributed by atoms with Crippen LogP contribution in [0.4, 0.5) is 5.69 Å². The van der Waals surface area contributed by atoms with Crippen LogP contribution >= 0.6 is 23.6 Å². The molecule has 1 N–H and O–H groups in total. The summed E-state index contributed by atoms with van der Waals surface area (Å²) in [6.45, 7) is 6.02. The number of hydrogen-bond donors (Lipinski definition) is 1. The Balaban J connectivity index is 1.93. The Hall–Kier alpha value is -3.02. The monoisotopic (exact) mass is 382 g/mol. The number of nitriles is 1. The fourth-order valence-corrected chi connectivity index (χ4v) is 3.44. The maximum atomic E-state index is 10.3. The van der Waals surface area contributed by atoms with Crippen molar-refractivity contribution < 1.29 is 9.84 Å². The van der Waals surface area contributed by atoms with E-state index in [9.17, 15) is 10.4 Å². The van der Waals surface area contributed by atoms with Gasteiger partial charge in [-0.1, -0.05) is 23.8 Å². The van der Waals surface area contributed by atoms with Crippen molar-refractivity contribution in [1.29, 1.82) is 5.26 Å². The first-order valence-electron chi connectivity index (χ1n) is 7.59. The number of aliphatic imine (C=N–C) groups is 2. The molecule has 1 aromatic carbocycles. The molecule has 0 radical (unpaired) electrons. The third-order valence-electron chi connectivity index (χ3n) is 3.46. The van der Waals surface area contributed by atoms with Gasteiger partial charge in [0.25, 0.3) is 5.90 Å². The van der Waals surface area contributed by atoms with Gasteiger partial charge in [0.2, 0.25) is 17.5 Å². The van der Waals surface area contributed by atoms with Gasteiger partial charge in [-0.05, 0) is 31.3 Å². The van der Waals surface area contributed by atoms with Gasteiger partial charge in [-0.3, -0.25) is 4.57 Å². The number of rotatable bonds is 4. The van der Waals surface area contributed by atoms with E-state index in [1.54, 1.807) is 10.6 Å². The molecule has 0 aliphatic carbocycles. The van der Waals surface area contributed by atoms with Crippen LogP contribution in [0.25, 0.3) is 6.08 Å². The van der Waals surface area contributed by atoms with Crippen LogP contribution in [-0.4, -0.2) is 21.3 Å². The van der Waals surface area contributed by atoms with Crippen LogP contribution < -0.4 is 0 Å². The number of hydrogen-bond acceptors (Lipinski definition) is 7. The van der Waals surface area contributed by atoms with E-state index in [0.29, 0.717) is 21.1 Å². The Labute approximate surface area is 159 Å². The highest BCUT2D eigenvalue weighted by molar-refractivity contribution is 7.73. The molecule has 130 valence electrons. The predicted octanol–water partition coefficient (Wildman–Crippen LogP) is 4.50. The van der Waals surface area contributed by atoms with E-state index >= 15 is 0 Å². The zero-order chi connectivity index (χ0) is 18.7. The van der Waals surface area contributed by atoms with Gasteiger partial charge in [0.1, 0.15) is 6.07 Å². The molecule has 0 atom stereocenters. The van der Waals surface area contributed by atoms with Gasteiger partial charge in [0, 0.05) is 12.6 Å². The van der Waals surface area contributed by atoms with E-state index in [1.807, 2.05) is 37.3 Å². The van der Waals surface area contributed by atoms with Crippen LogP contribution in [0.1, 0.15) is 10.4 Å². The summed E-state index contributed by atoms with van der Waals surface area (Å²) in [6, 6.07) is 9.46. The van der Waals surface area contributed by atoms with E-state index in [1.165, 1.54) is 17.4 Å². The Morgan fingerprint density at radius 2 is 2.19 bits per heavy atom. The molecule has 2 aromatic rings. The minimum Gasteiger partial charge on any atom is -0.493 e. The van der Waals surface area contributed by atoms with Crippen molar-refractivity contribution in [2.24, 2.45) is 9.98 Å². The molecule has 0 fully saturated rings. The van der Waals surface area contributed by atoms with Crippen LogP contribution in [-0.2, 0) is 11.3 Å². The van der Waals surface area contributed by atoms with Crippen molar-refractivity contribution in [2.75, 3.05) is 0 Å². The smallest absolute Gasteiger partial charge is 0.258 e. The first-order chi connectivity index (χ1) is 12.5. The highest BCUT2D eigenvalue weighted by Crippen LogP contribution is 2.30. The summed E-state index contributed by atoms with van der Waals surface area (Å²) >= 11 is 6.44. The average molecular weight is 382 g/mol. The number of aromatic hydroxyl groups is 1. The standard InChI is InChI=1S/C18H14N4O2S2/c1-3-8-22-17(23)14(26-18(22)25)9-15-21-13(10-19)16(24-15)20-12-6-4-11(2)5-7-12/h3-7,9,23H,1,8H2,2H3/b15-9+,20-16?. The molecule has 0 saturated heterocycles. The largest absolute Gasteiger partial charge is 0.493 e. The minimum absolute atomic E-state index is 0.00799. The molecular formula is C18H14N4O2S2. The Morgan fingerprint density at radius 3 is 2.85 bits per heavy atom. The first-order valence-corrected chi connectivity index (χ1v) is 8.82. The SMILES string of the molecule is C=CCn1c(O)c(/C=C2\N=C(C#N)C(=Nc3ccc(C)cc3)O2)sc1=S. The molecule has 0 saturated carbocycles. The lowest BCUT2D eigenvalue weighted by Gasteiger charge is -2.00. The Kier molecular flexibility index (Phi) is 5.11. The van der Waals surface area contributed by atoms with Crippen LogP contribution in [0.3, 0.4) is 0 Å². The maximum Gasteiger partial charge on any atom is 0.258 e. The lowest BCUT2D eigenvalue weighted by Crippen LogP contribution is -2.07. The molecule has 1 aliphatic rings. The van der Waals surface area contributed by atoms with Crippen molar-refractivity contribution in [3.63, 3.8) is 0 Å². The lowest BCUT2D eigenvalue weighted by atomic mass is 10.2. The number of thiazole rings is 1. The Bertz CT molecular complexity index is 1050. The summed E-state index contributed by atoms with van der Waals surface area (Å²) in [6.07, 6.45) is 3.17. The molecule has 0 bridgehead atoms. The summed E-state index contributed by atoms with van der Waals surface area (Å²) in [4.78, 5) is 8.93. The summed E-state index contributed by atoms with van der Waals surface area (Å²) in [7, 11) is 0. The van der Waals surface area contributed by atoms with Gasteiger partial charge in [0.15, 0.2) is 3.95 Å². The Morgan fingerprint density at radius 1 is 1.46 bits per heavy atom. The average Bonchev–Trinajstić information content (AvgIpc) is 3.12. The molecule has 26 heavy (non-hydrogen) atoms. The lowest BCUT2D eigenvalue weighted by molar-refractivity contribution is 0.421. The van der Waals surface area contributed by atoms with Crippen LogP contribution in [0, 0.1) is 22.2 Å². The summed E-state index contributed by atoms with van der Waals surface area (Å²) in [5.74, 6) is 0.301. The molecule has 0 unspecified atom stereocenters. The van der Waals surface area contributed by atoms with E-state index < -0.39 is 0 Å². The van der Waals surface area contributed by atoms with Crippen molar-refractivity contribution >= 4 is 46.9 Å². The molecule has 1 aliphatic heterocycles. The summed E-state index contributed by atoms with van der Waals surface area (Å²) in [5, 5.41) is 19.5. The maximum absolute atomic E-state index is 10.3. The fourth-order valence-electron chi connectivity index (χ4n) is 2.19. The second-order valence-corrected chi connectivity index (χ2v) is 7.04. The van der Waals surface area contributed by atoms with E-state index in [2.05, 4.69) is 16.6 Å². The molecule has 2 heterocycles. The van der Waals surface area contributed by atoms with Crippen LogP contribution in [0.15, 0.2) is 52.8 Å². The third kappa shape index (κ3) is 3.64. The molecule has 1 aromatic heterocycles. The third-order valence-corrected chi connectivity index (χ3v) is 4.84. The highest BCUT2D eigenvalue weighted by atomic mass is 32.1. The van der Waals surface area contributed by atoms with E-state index in [0.717, 1.165) is 5.56 Å². The van der Waals surface area contributed by atoms with Gasteiger partial charge >= 0.3 is 0 Å². The van der Waals surface area contributed by atoms with Crippen molar-refractivity contribution in [3.8, 4) is 11.9 Å². The first kappa shape index (κ1) is 17.8. The quantitative estimate of drug-likeness (QED) is 0.623. The van der Waals surface area contributed by atoms with Crippen molar-refractivity contribution in [2.45, 2.75) is 13.5 Å². The summed E-state index contributed by atoms with van der Waals surface area (Å²) in [5.41, 5.74) is 1.84. The van der Waals surface area contributed by atoms with E-state index in [-0.39, 0.29) is 23.4 Å². The fraction of sp³-hybridized carbons (Fsp3) is 0.111. The van der Waals surface area contributed by atoms with Gasteiger partial charge in [0.05, 0.1) is 10.6 Å². The summed E-state index contributed by atoms with van der Waals surface area (Å²) < 4.78 is 7.64. The second-order valence-electron chi connectivity index (χ2n) is 5.36. The molecule has 0 amide bonds. The number of aryl methyl sites for hydroxylation is 1. The number of aromatic nitrogens is 1. The van der Waals surface area contributed by atoms with Gasteiger partial charge < -0.3 is 9.84 Å². The van der Waals surface area contributed by atoms with Gasteiger partial charge in [-0.2, -0.15) is 10.3 Å². The number of benzene rings is 1. The normalized spacial score (nSPS) is 16.4. The predicted molar refractivity (Wildman–Crippen MR) is 105 cm³/mol. The topological polar surface area (TPSA) is 82.9 Å². The molecular weight excluding hydrogens is 368 g/mol. The van der Waals surface area contributed by atoms with Crippen LogP contribution in [0.5, 0.6) is 5.88 Å². The number of allylic oxidation sites excluding steroid dienone is 1. The number of nitrogens with zero attached hydrogens (tertiary/aromatic N) is 4. The van der Waals surface area contributed by atoms with Gasteiger partial charge in [-0.25, -0.2) is 4.99 Å². The molecule has 3 rings (SSSR count). The number of ether oxygens (including phenoxy) is 1. The van der Waals surface area contributed by atoms with E-state index in [4.69, 9.17) is 17.0 Å². The second kappa shape index (κ2) is 7.47. The van der Waals surface area contributed by atoms with Crippen molar-refractivity contribution in [1.82, 2.24) is 4.57 Å². The van der Waals surface area contributed by atoms with Crippen molar-refractivity contribution in [3.05, 3.63) is 57.2 Å². The van der Waals surface area contributed by atoms with Crippen LogP contribution in [0.2, 0.25) is 0 Å². The minimum atomic E-state index is 0.00799.